The molecule has 0 aromatic heterocycles. The summed E-state index contributed by atoms with van der Waals surface area (Å²) in [5.74, 6) is -0.0971. The summed E-state index contributed by atoms with van der Waals surface area (Å²) in [5, 5.41) is 3.07. The van der Waals surface area contributed by atoms with Crippen LogP contribution in [0.5, 0.6) is 0 Å². The van der Waals surface area contributed by atoms with E-state index in [2.05, 4.69) is 10.2 Å². The second kappa shape index (κ2) is 4.74. The third-order valence-electron chi connectivity index (χ3n) is 3.94. The smallest absolute Gasteiger partial charge is 0.253 e. The Morgan fingerprint density at radius 1 is 1.26 bits per heavy atom. The SMILES string of the molecule is Nc1ccc(C(=O)NC2CCN(C3CC3)C2)c(N)c1. The van der Waals surface area contributed by atoms with Crippen molar-refractivity contribution in [3.05, 3.63) is 23.8 Å². The van der Waals surface area contributed by atoms with Crippen LogP contribution in [0.15, 0.2) is 18.2 Å². The summed E-state index contributed by atoms with van der Waals surface area (Å²) in [6, 6.07) is 6.03. The number of anilines is 2. The normalized spacial score (nSPS) is 23.5. The van der Waals surface area contributed by atoms with Gasteiger partial charge in [-0.05, 0) is 37.5 Å². The molecule has 0 bridgehead atoms. The number of hydrogen-bond acceptors (Lipinski definition) is 4. The second-order valence-electron chi connectivity index (χ2n) is 5.53. The second-order valence-corrected chi connectivity index (χ2v) is 5.53. The predicted octanol–water partition coefficient (Wildman–Crippen LogP) is 0.818. The van der Waals surface area contributed by atoms with Gasteiger partial charge in [-0.25, -0.2) is 0 Å². The number of likely N-dealkylation sites (tertiary alicyclic amines) is 1. The molecular formula is C14H20N4O. The average Bonchev–Trinajstić information content (AvgIpc) is 3.10. The number of nitrogens with two attached hydrogens (primary N) is 2. The zero-order valence-corrected chi connectivity index (χ0v) is 10.9. The molecule has 5 heteroatoms. The fourth-order valence-electron chi connectivity index (χ4n) is 2.73. The van der Waals surface area contributed by atoms with Crippen LogP contribution in [0.3, 0.4) is 0 Å². The molecule has 1 aliphatic heterocycles. The van der Waals surface area contributed by atoms with E-state index in [1.165, 1.54) is 12.8 Å². The van der Waals surface area contributed by atoms with Gasteiger partial charge in [0, 0.05) is 36.5 Å². The number of nitrogen functional groups attached to an aromatic ring is 2. The molecule has 1 heterocycles. The van der Waals surface area contributed by atoms with E-state index >= 15 is 0 Å². The van der Waals surface area contributed by atoms with E-state index < -0.39 is 0 Å². The Labute approximate surface area is 112 Å². The van der Waals surface area contributed by atoms with Gasteiger partial charge in [-0.3, -0.25) is 9.69 Å². The van der Waals surface area contributed by atoms with E-state index in [4.69, 9.17) is 11.5 Å². The van der Waals surface area contributed by atoms with Crippen LogP contribution in [0.1, 0.15) is 29.6 Å². The lowest BCUT2D eigenvalue weighted by molar-refractivity contribution is 0.0938. The number of nitrogens with zero attached hydrogens (tertiary/aromatic N) is 1. The van der Waals surface area contributed by atoms with Gasteiger partial charge >= 0.3 is 0 Å². The Morgan fingerprint density at radius 3 is 2.74 bits per heavy atom. The number of rotatable bonds is 3. The predicted molar refractivity (Wildman–Crippen MR) is 75.7 cm³/mol. The molecule has 2 aliphatic rings. The maximum Gasteiger partial charge on any atom is 0.253 e. The van der Waals surface area contributed by atoms with Crippen molar-refractivity contribution in [3.63, 3.8) is 0 Å². The van der Waals surface area contributed by atoms with Crippen LogP contribution < -0.4 is 16.8 Å². The van der Waals surface area contributed by atoms with Gasteiger partial charge in [0.1, 0.15) is 0 Å². The first-order valence-corrected chi connectivity index (χ1v) is 6.83. The molecule has 0 spiro atoms. The molecule has 5 nitrogen and oxygen atoms in total. The third-order valence-corrected chi connectivity index (χ3v) is 3.94. The zero-order chi connectivity index (χ0) is 13.4. The molecule has 3 rings (SSSR count). The fourth-order valence-corrected chi connectivity index (χ4v) is 2.73. The minimum absolute atomic E-state index is 0.0971. The number of carbonyl (C=O) groups excluding carboxylic acids is 1. The molecular weight excluding hydrogens is 240 g/mol. The van der Waals surface area contributed by atoms with E-state index in [1.807, 2.05) is 0 Å². The first-order chi connectivity index (χ1) is 9.13. The molecule has 1 saturated carbocycles. The van der Waals surface area contributed by atoms with Crippen LogP contribution in [0.4, 0.5) is 11.4 Å². The maximum absolute atomic E-state index is 12.2. The quantitative estimate of drug-likeness (QED) is 0.702. The molecule has 1 aromatic rings. The first-order valence-electron chi connectivity index (χ1n) is 6.83. The summed E-state index contributed by atoms with van der Waals surface area (Å²) >= 11 is 0. The number of benzene rings is 1. The van der Waals surface area contributed by atoms with E-state index in [-0.39, 0.29) is 11.9 Å². The van der Waals surface area contributed by atoms with Gasteiger partial charge < -0.3 is 16.8 Å². The van der Waals surface area contributed by atoms with Crippen molar-refractivity contribution in [1.82, 2.24) is 10.2 Å². The molecule has 5 N–H and O–H groups in total. The summed E-state index contributed by atoms with van der Waals surface area (Å²) in [6.07, 6.45) is 3.65. The van der Waals surface area contributed by atoms with Crippen molar-refractivity contribution < 1.29 is 4.79 Å². The van der Waals surface area contributed by atoms with Crippen LogP contribution in [-0.4, -0.2) is 36.0 Å². The van der Waals surface area contributed by atoms with Crippen LogP contribution in [0.2, 0.25) is 0 Å². The van der Waals surface area contributed by atoms with E-state index in [0.717, 1.165) is 25.6 Å². The van der Waals surface area contributed by atoms with Gasteiger partial charge in [-0.15, -0.1) is 0 Å². The maximum atomic E-state index is 12.2. The van der Waals surface area contributed by atoms with Crippen molar-refractivity contribution in [2.45, 2.75) is 31.3 Å². The topological polar surface area (TPSA) is 84.4 Å². The Morgan fingerprint density at radius 2 is 2.05 bits per heavy atom. The zero-order valence-electron chi connectivity index (χ0n) is 10.9. The molecule has 1 aliphatic carbocycles. The Hall–Kier alpha value is -1.75. The monoisotopic (exact) mass is 260 g/mol. The number of nitrogens with one attached hydrogen (secondary N) is 1. The van der Waals surface area contributed by atoms with Crippen molar-refractivity contribution in [2.24, 2.45) is 0 Å². The first kappa shape index (κ1) is 12.3. The molecule has 1 aromatic carbocycles. The lowest BCUT2D eigenvalue weighted by atomic mass is 10.1. The largest absolute Gasteiger partial charge is 0.399 e. The Kier molecular flexibility index (Phi) is 3.06. The lowest BCUT2D eigenvalue weighted by Crippen LogP contribution is -2.37. The van der Waals surface area contributed by atoms with Gasteiger partial charge in [0.25, 0.3) is 5.91 Å². The summed E-state index contributed by atoms with van der Waals surface area (Å²) in [5.41, 5.74) is 13.0. The highest BCUT2D eigenvalue weighted by molar-refractivity contribution is 5.99. The molecule has 1 unspecified atom stereocenters. The highest BCUT2D eigenvalue weighted by atomic mass is 16.1. The number of carbonyl (C=O) groups is 1. The lowest BCUT2D eigenvalue weighted by Gasteiger charge is -2.16. The van der Waals surface area contributed by atoms with E-state index in [0.29, 0.717) is 16.9 Å². The summed E-state index contributed by atoms with van der Waals surface area (Å²) in [6.45, 7) is 2.05. The summed E-state index contributed by atoms with van der Waals surface area (Å²) in [7, 11) is 0. The minimum Gasteiger partial charge on any atom is -0.399 e. The third kappa shape index (κ3) is 2.66. The summed E-state index contributed by atoms with van der Waals surface area (Å²) in [4.78, 5) is 14.6. The Bertz CT molecular complexity index is 498. The van der Waals surface area contributed by atoms with Gasteiger partial charge in [0.15, 0.2) is 0 Å². The van der Waals surface area contributed by atoms with E-state index in [1.54, 1.807) is 18.2 Å². The van der Waals surface area contributed by atoms with Crippen LogP contribution in [-0.2, 0) is 0 Å². The molecule has 1 amide bonds. The van der Waals surface area contributed by atoms with E-state index in [9.17, 15) is 4.79 Å². The standard InChI is InChI=1S/C14H20N4O/c15-9-1-4-12(13(16)7-9)14(19)17-10-5-6-18(8-10)11-2-3-11/h1,4,7,10-11H,2-3,5-6,8,15-16H2,(H,17,19). The van der Waals surface area contributed by atoms with Crippen LogP contribution in [0.25, 0.3) is 0 Å². The molecule has 0 radical (unpaired) electrons. The Balaban J connectivity index is 1.61. The van der Waals surface area contributed by atoms with Crippen LogP contribution >= 0.6 is 0 Å². The van der Waals surface area contributed by atoms with Gasteiger partial charge in [-0.1, -0.05) is 0 Å². The minimum atomic E-state index is -0.0971. The molecule has 19 heavy (non-hydrogen) atoms. The van der Waals surface area contributed by atoms with Gasteiger partial charge in [0.05, 0.1) is 5.56 Å². The summed E-state index contributed by atoms with van der Waals surface area (Å²) < 4.78 is 0. The van der Waals surface area contributed by atoms with Crippen molar-refractivity contribution in [2.75, 3.05) is 24.6 Å². The van der Waals surface area contributed by atoms with Crippen molar-refractivity contribution >= 4 is 17.3 Å². The molecule has 102 valence electrons. The van der Waals surface area contributed by atoms with Gasteiger partial charge in [0.2, 0.25) is 0 Å². The highest BCUT2D eigenvalue weighted by Gasteiger charge is 2.34. The number of hydrogen-bond donors (Lipinski definition) is 3. The molecule has 1 atom stereocenters. The molecule has 2 fully saturated rings. The highest BCUT2D eigenvalue weighted by Crippen LogP contribution is 2.29. The van der Waals surface area contributed by atoms with Crippen molar-refractivity contribution in [1.29, 1.82) is 0 Å². The van der Waals surface area contributed by atoms with Crippen molar-refractivity contribution in [3.8, 4) is 0 Å². The molecule has 1 saturated heterocycles. The fraction of sp³-hybridized carbons (Fsp3) is 0.500. The van der Waals surface area contributed by atoms with Gasteiger partial charge in [-0.2, -0.15) is 0 Å². The van der Waals surface area contributed by atoms with Crippen LogP contribution in [0, 0.1) is 0 Å². The average molecular weight is 260 g/mol. The number of amides is 1.